The number of aliphatic hydroxyl groups is 1. The second-order valence-corrected chi connectivity index (χ2v) is 6.40. The number of hydrogen-bond donors (Lipinski definition) is 2. The van der Waals surface area contributed by atoms with Gasteiger partial charge in [0.25, 0.3) is 5.91 Å². The molecule has 1 saturated carbocycles. The van der Waals surface area contributed by atoms with Crippen LogP contribution in [0.3, 0.4) is 0 Å². The molecule has 0 unspecified atom stereocenters. The Hall–Kier alpha value is -2.40. The lowest BCUT2D eigenvalue weighted by molar-refractivity contribution is 0.0864. The molecule has 1 fully saturated rings. The Morgan fingerprint density at radius 1 is 1.08 bits per heavy atom. The van der Waals surface area contributed by atoms with E-state index < -0.39 is 11.7 Å². The number of hydrogen-bond acceptors (Lipinski definition) is 3. The molecule has 1 aliphatic rings. The van der Waals surface area contributed by atoms with Crippen LogP contribution in [0, 0.1) is 5.82 Å². The molecule has 2 aromatic rings. The summed E-state index contributed by atoms with van der Waals surface area (Å²) >= 11 is 0. The van der Waals surface area contributed by atoms with Crippen molar-refractivity contribution >= 4 is 5.91 Å². The Balaban J connectivity index is 1.71. The number of carbonyl (C=O) groups is 1. The lowest BCUT2D eigenvalue weighted by atomic mass is 9.93. The van der Waals surface area contributed by atoms with E-state index in [-0.39, 0.29) is 17.7 Å². The summed E-state index contributed by atoms with van der Waals surface area (Å²) in [5.41, 5.74) is 1.61. The zero-order valence-electron chi connectivity index (χ0n) is 14.2. The zero-order chi connectivity index (χ0) is 17.8. The average molecular weight is 343 g/mol. The van der Waals surface area contributed by atoms with Crippen molar-refractivity contribution in [2.24, 2.45) is 0 Å². The van der Waals surface area contributed by atoms with Gasteiger partial charge in [-0.2, -0.15) is 0 Å². The fourth-order valence-corrected chi connectivity index (χ4v) is 3.15. The first-order valence-electron chi connectivity index (χ1n) is 8.49. The van der Waals surface area contributed by atoms with Crippen LogP contribution in [0.2, 0.25) is 0 Å². The number of rotatable bonds is 4. The van der Waals surface area contributed by atoms with Crippen molar-refractivity contribution in [1.29, 1.82) is 0 Å². The monoisotopic (exact) mass is 343 g/mol. The first-order chi connectivity index (χ1) is 12.1. The maximum absolute atomic E-state index is 14.4. The third-order valence-corrected chi connectivity index (χ3v) is 4.67. The van der Waals surface area contributed by atoms with E-state index in [1.807, 2.05) is 24.3 Å². The molecule has 1 aliphatic carbocycles. The van der Waals surface area contributed by atoms with Crippen molar-refractivity contribution in [3.63, 3.8) is 0 Å². The minimum Gasteiger partial charge on any atom is -0.497 e. The third kappa shape index (κ3) is 4.17. The fraction of sp³-hybridized carbons (Fsp3) is 0.350. The van der Waals surface area contributed by atoms with Gasteiger partial charge in [-0.3, -0.25) is 4.79 Å². The summed E-state index contributed by atoms with van der Waals surface area (Å²) < 4.78 is 19.5. The molecule has 2 aromatic carbocycles. The van der Waals surface area contributed by atoms with Crippen molar-refractivity contribution in [1.82, 2.24) is 5.32 Å². The summed E-state index contributed by atoms with van der Waals surface area (Å²) in [5.74, 6) is -0.209. The van der Waals surface area contributed by atoms with E-state index in [9.17, 15) is 14.3 Å². The van der Waals surface area contributed by atoms with Crippen LogP contribution in [0.5, 0.6) is 5.75 Å². The number of halogens is 1. The second kappa shape index (κ2) is 7.66. The second-order valence-electron chi connectivity index (χ2n) is 6.40. The molecule has 0 aliphatic heterocycles. The number of amides is 1. The van der Waals surface area contributed by atoms with Gasteiger partial charge in [0.05, 0.1) is 18.8 Å². The molecule has 5 heteroatoms. The highest BCUT2D eigenvalue weighted by Crippen LogP contribution is 2.25. The van der Waals surface area contributed by atoms with E-state index >= 15 is 0 Å². The first-order valence-corrected chi connectivity index (χ1v) is 8.49. The maximum Gasteiger partial charge on any atom is 0.254 e. The number of methoxy groups -OCH3 is 1. The molecule has 3 rings (SSSR count). The molecule has 0 heterocycles. The zero-order valence-corrected chi connectivity index (χ0v) is 14.2. The van der Waals surface area contributed by atoms with Crippen molar-refractivity contribution in [2.45, 2.75) is 37.8 Å². The van der Waals surface area contributed by atoms with Crippen LogP contribution < -0.4 is 10.1 Å². The molecular weight excluding hydrogens is 321 g/mol. The molecule has 1 amide bonds. The van der Waals surface area contributed by atoms with Gasteiger partial charge in [0.15, 0.2) is 0 Å². The van der Waals surface area contributed by atoms with Crippen molar-refractivity contribution < 1.29 is 19.0 Å². The third-order valence-electron chi connectivity index (χ3n) is 4.67. The van der Waals surface area contributed by atoms with E-state index in [1.54, 1.807) is 13.2 Å². The van der Waals surface area contributed by atoms with Crippen LogP contribution in [0.25, 0.3) is 11.1 Å². The minimum atomic E-state index is -0.540. The van der Waals surface area contributed by atoms with Crippen LogP contribution in [0.15, 0.2) is 42.5 Å². The number of ether oxygens (including phenoxy) is 1. The largest absolute Gasteiger partial charge is 0.497 e. The molecule has 2 N–H and O–H groups in total. The molecular formula is C20H22FNO3. The summed E-state index contributed by atoms with van der Waals surface area (Å²) in [6.45, 7) is 0. The smallest absolute Gasteiger partial charge is 0.254 e. The van der Waals surface area contributed by atoms with Gasteiger partial charge in [0.2, 0.25) is 0 Å². The Morgan fingerprint density at radius 2 is 1.72 bits per heavy atom. The molecule has 0 bridgehead atoms. The highest BCUT2D eigenvalue weighted by molar-refractivity contribution is 5.95. The van der Waals surface area contributed by atoms with Gasteiger partial charge in [0, 0.05) is 6.04 Å². The molecule has 4 nitrogen and oxygen atoms in total. The molecule has 25 heavy (non-hydrogen) atoms. The highest BCUT2D eigenvalue weighted by Gasteiger charge is 2.22. The minimum absolute atomic E-state index is 0.00318. The van der Waals surface area contributed by atoms with Crippen LogP contribution >= 0.6 is 0 Å². The lowest BCUT2D eigenvalue weighted by Gasteiger charge is -2.26. The van der Waals surface area contributed by atoms with Gasteiger partial charge in [-0.15, -0.1) is 0 Å². The summed E-state index contributed by atoms with van der Waals surface area (Å²) in [7, 11) is 1.59. The van der Waals surface area contributed by atoms with E-state index in [2.05, 4.69) is 5.32 Å². The Labute approximate surface area is 146 Å². The van der Waals surface area contributed by atoms with Crippen molar-refractivity contribution in [2.75, 3.05) is 7.11 Å². The fourth-order valence-electron chi connectivity index (χ4n) is 3.15. The molecule has 132 valence electrons. The Kier molecular flexibility index (Phi) is 5.34. The number of benzene rings is 2. The summed E-state index contributed by atoms with van der Waals surface area (Å²) in [5, 5.41) is 12.4. The molecule has 0 aromatic heterocycles. The van der Waals surface area contributed by atoms with Crippen LogP contribution in [0.4, 0.5) is 4.39 Å². The van der Waals surface area contributed by atoms with E-state index in [0.29, 0.717) is 18.4 Å². The standard InChI is InChI=1S/C20H22FNO3/c1-25-17-9-2-13(3-10-17)14-4-11-18(19(21)12-14)20(24)22-15-5-7-16(23)8-6-15/h2-4,9-12,15-16,23H,5-8H2,1H3,(H,22,24). The Morgan fingerprint density at radius 3 is 2.32 bits per heavy atom. The van der Waals surface area contributed by atoms with Gasteiger partial charge >= 0.3 is 0 Å². The molecule has 0 radical (unpaired) electrons. The van der Waals surface area contributed by atoms with Gasteiger partial charge < -0.3 is 15.2 Å². The van der Waals surface area contributed by atoms with Crippen LogP contribution in [-0.4, -0.2) is 30.3 Å². The van der Waals surface area contributed by atoms with Gasteiger partial charge in [0.1, 0.15) is 11.6 Å². The Bertz CT molecular complexity index is 737. The lowest BCUT2D eigenvalue weighted by Crippen LogP contribution is -2.38. The summed E-state index contributed by atoms with van der Waals surface area (Å²) in [6.07, 6.45) is 2.50. The number of carbonyl (C=O) groups excluding carboxylic acids is 1. The van der Waals surface area contributed by atoms with Crippen LogP contribution in [-0.2, 0) is 0 Å². The van der Waals surface area contributed by atoms with Gasteiger partial charge in [-0.25, -0.2) is 4.39 Å². The predicted molar refractivity (Wildman–Crippen MR) is 94.1 cm³/mol. The topological polar surface area (TPSA) is 58.6 Å². The normalized spacial score (nSPS) is 20.1. The summed E-state index contributed by atoms with van der Waals surface area (Å²) in [6, 6.07) is 11.9. The van der Waals surface area contributed by atoms with Crippen LogP contribution in [0.1, 0.15) is 36.0 Å². The van der Waals surface area contributed by atoms with E-state index in [0.717, 1.165) is 24.2 Å². The van der Waals surface area contributed by atoms with Gasteiger partial charge in [-0.05, 0) is 61.1 Å². The van der Waals surface area contributed by atoms with Gasteiger partial charge in [-0.1, -0.05) is 18.2 Å². The predicted octanol–water partition coefficient (Wildman–Crippen LogP) is 3.53. The highest BCUT2D eigenvalue weighted by atomic mass is 19.1. The summed E-state index contributed by atoms with van der Waals surface area (Å²) in [4.78, 5) is 12.3. The van der Waals surface area contributed by atoms with Crippen molar-refractivity contribution in [3.05, 3.63) is 53.8 Å². The number of aliphatic hydroxyl groups excluding tert-OH is 1. The van der Waals surface area contributed by atoms with E-state index in [4.69, 9.17) is 4.74 Å². The quantitative estimate of drug-likeness (QED) is 0.893. The molecule has 0 atom stereocenters. The maximum atomic E-state index is 14.4. The average Bonchev–Trinajstić information content (AvgIpc) is 2.63. The molecule has 0 spiro atoms. The number of nitrogens with one attached hydrogen (secondary N) is 1. The molecule has 0 saturated heterocycles. The van der Waals surface area contributed by atoms with Crippen molar-refractivity contribution in [3.8, 4) is 16.9 Å². The first kappa shape index (κ1) is 17.4. The SMILES string of the molecule is COc1ccc(-c2ccc(C(=O)NC3CCC(O)CC3)c(F)c2)cc1. The van der Waals surface area contributed by atoms with E-state index in [1.165, 1.54) is 12.1 Å².